The predicted octanol–water partition coefficient (Wildman–Crippen LogP) is 3.08. The molecule has 0 bridgehead atoms. The lowest BCUT2D eigenvalue weighted by Crippen LogP contribution is -2.06. The van der Waals surface area contributed by atoms with Gasteiger partial charge in [-0.3, -0.25) is 4.98 Å². The molecular weight excluding hydrogens is 238 g/mol. The lowest BCUT2D eigenvalue weighted by Gasteiger charge is -2.08. The van der Waals surface area contributed by atoms with Gasteiger partial charge in [0.05, 0.1) is 12.7 Å². The second kappa shape index (κ2) is 5.65. The van der Waals surface area contributed by atoms with Crippen molar-refractivity contribution in [2.45, 2.75) is 20.3 Å². The molecule has 0 saturated carbocycles. The molecule has 98 valence electrons. The van der Waals surface area contributed by atoms with Crippen LogP contribution in [0.1, 0.15) is 32.6 Å². The molecule has 0 spiro atoms. The van der Waals surface area contributed by atoms with E-state index in [0.29, 0.717) is 12.0 Å². The largest absolute Gasteiger partial charge is 0.465 e. The van der Waals surface area contributed by atoms with Gasteiger partial charge < -0.3 is 4.74 Å². The number of aromatic nitrogens is 1. The molecule has 0 unspecified atom stereocenters. The molecule has 1 aromatic carbocycles. The maximum atomic E-state index is 11.7. The number of hydrogen-bond donors (Lipinski definition) is 0. The standard InChI is InChI=1S/C16H17NO2/c1-11-6-12(2)8-13(7-11)9-14-10-17-5-4-15(14)16(18)19-3/h4-8,10H,9H2,1-3H3. The number of carbonyl (C=O) groups is 1. The molecule has 0 amide bonds. The van der Waals surface area contributed by atoms with Crippen LogP contribution in [0.15, 0.2) is 36.7 Å². The Balaban J connectivity index is 2.35. The summed E-state index contributed by atoms with van der Waals surface area (Å²) >= 11 is 0. The van der Waals surface area contributed by atoms with Crippen molar-refractivity contribution in [1.82, 2.24) is 4.98 Å². The number of methoxy groups -OCH3 is 1. The van der Waals surface area contributed by atoms with E-state index < -0.39 is 0 Å². The Labute approximate surface area is 113 Å². The van der Waals surface area contributed by atoms with Crippen molar-refractivity contribution in [3.05, 3.63) is 64.5 Å². The van der Waals surface area contributed by atoms with Gasteiger partial charge in [-0.15, -0.1) is 0 Å². The summed E-state index contributed by atoms with van der Waals surface area (Å²) in [5.74, 6) is -0.318. The minimum absolute atomic E-state index is 0.318. The zero-order valence-electron chi connectivity index (χ0n) is 11.4. The van der Waals surface area contributed by atoms with Gasteiger partial charge in [-0.05, 0) is 37.5 Å². The molecule has 1 aromatic heterocycles. The highest BCUT2D eigenvalue weighted by Crippen LogP contribution is 2.16. The van der Waals surface area contributed by atoms with Crippen molar-refractivity contribution < 1.29 is 9.53 Å². The first kappa shape index (κ1) is 13.3. The fourth-order valence-corrected chi connectivity index (χ4v) is 2.27. The van der Waals surface area contributed by atoms with Crippen molar-refractivity contribution in [1.29, 1.82) is 0 Å². The third kappa shape index (κ3) is 3.19. The van der Waals surface area contributed by atoms with E-state index in [4.69, 9.17) is 4.74 Å². The molecule has 2 rings (SSSR count). The molecule has 0 radical (unpaired) electrons. The fraction of sp³-hybridized carbons (Fsp3) is 0.250. The first-order chi connectivity index (χ1) is 9.10. The molecule has 0 N–H and O–H groups in total. The van der Waals surface area contributed by atoms with E-state index in [1.54, 1.807) is 18.5 Å². The Bertz CT molecular complexity index is 585. The van der Waals surface area contributed by atoms with E-state index >= 15 is 0 Å². The molecule has 2 aromatic rings. The maximum Gasteiger partial charge on any atom is 0.338 e. The van der Waals surface area contributed by atoms with Gasteiger partial charge in [-0.1, -0.05) is 29.3 Å². The van der Waals surface area contributed by atoms with Crippen LogP contribution in [-0.2, 0) is 11.2 Å². The van der Waals surface area contributed by atoms with E-state index in [9.17, 15) is 4.79 Å². The van der Waals surface area contributed by atoms with Crippen LogP contribution in [0, 0.1) is 13.8 Å². The number of pyridine rings is 1. The summed E-state index contributed by atoms with van der Waals surface area (Å²) in [6.07, 6.45) is 4.02. The quantitative estimate of drug-likeness (QED) is 0.791. The zero-order valence-corrected chi connectivity index (χ0v) is 11.4. The van der Waals surface area contributed by atoms with Crippen LogP contribution in [0.4, 0.5) is 0 Å². The van der Waals surface area contributed by atoms with Gasteiger partial charge in [0.2, 0.25) is 0 Å². The number of benzene rings is 1. The number of esters is 1. The van der Waals surface area contributed by atoms with Gasteiger partial charge in [-0.25, -0.2) is 4.79 Å². The van der Waals surface area contributed by atoms with Crippen LogP contribution in [0.3, 0.4) is 0 Å². The zero-order chi connectivity index (χ0) is 13.8. The van der Waals surface area contributed by atoms with Crippen LogP contribution in [0.2, 0.25) is 0 Å². The highest BCUT2D eigenvalue weighted by atomic mass is 16.5. The summed E-state index contributed by atoms with van der Waals surface area (Å²) in [6.45, 7) is 4.14. The van der Waals surface area contributed by atoms with Crippen LogP contribution in [0.25, 0.3) is 0 Å². The Morgan fingerprint density at radius 3 is 2.53 bits per heavy atom. The van der Waals surface area contributed by atoms with E-state index in [2.05, 4.69) is 37.0 Å². The lowest BCUT2D eigenvalue weighted by molar-refractivity contribution is 0.0599. The molecule has 3 nitrogen and oxygen atoms in total. The normalized spacial score (nSPS) is 10.3. The average molecular weight is 255 g/mol. The van der Waals surface area contributed by atoms with Crippen molar-refractivity contribution in [3.8, 4) is 0 Å². The first-order valence-corrected chi connectivity index (χ1v) is 6.18. The molecule has 0 aliphatic carbocycles. The van der Waals surface area contributed by atoms with E-state index in [-0.39, 0.29) is 5.97 Å². The minimum atomic E-state index is -0.318. The van der Waals surface area contributed by atoms with E-state index in [1.165, 1.54) is 23.8 Å². The van der Waals surface area contributed by atoms with Gasteiger partial charge in [0.15, 0.2) is 0 Å². The monoisotopic (exact) mass is 255 g/mol. The third-order valence-electron chi connectivity index (χ3n) is 2.98. The first-order valence-electron chi connectivity index (χ1n) is 6.18. The smallest absolute Gasteiger partial charge is 0.338 e. The number of hydrogen-bond acceptors (Lipinski definition) is 3. The van der Waals surface area contributed by atoms with Crippen LogP contribution in [-0.4, -0.2) is 18.1 Å². The molecule has 0 aliphatic heterocycles. The van der Waals surface area contributed by atoms with Crippen LogP contribution in [0.5, 0.6) is 0 Å². The topological polar surface area (TPSA) is 39.2 Å². The summed E-state index contributed by atoms with van der Waals surface area (Å²) in [6, 6.07) is 8.08. The SMILES string of the molecule is COC(=O)c1ccncc1Cc1cc(C)cc(C)c1. The molecular formula is C16H17NO2. The van der Waals surface area contributed by atoms with Gasteiger partial charge in [0, 0.05) is 12.4 Å². The molecule has 0 saturated heterocycles. The second-order valence-corrected chi connectivity index (χ2v) is 4.70. The lowest BCUT2D eigenvalue weighted by atomic mass is 9.99. The number of nitrogens with zero attached hydrogens (tertiary/aromatic N) is 1. The highest BCUT2D eigenvalue weighted by molar-refractivity contribution is 5.90. The molecule has 0 atom stereocenters. The van der Waals surface area contributed by atoms with Gasteiger partial charge in [0.25, 0.3) is 0 Å². The Hall–Kier alpha value is -2.16. The highest BCUT2D eigenvalue weighted by Gasteiger charge is 2.12. The molecule has 0 aliphatic rings. The number of ether oxygens (including phenoxy) is 1. The number of aryl methyl sites for hydroxylation is 2. The molecule has 0 fully saturated rings. The van der Waals surface area contributed by atoms with Gasteiger partial charge >= 0.3 is 5.97 Å². The molecule has 19 heavy (non-hydrogen) atoms. The Morgan fingerprint density at radius 1 is 1.21 bits per heavy atom. The van der Waals surface area contributed by atoms with Gasteiger partial charge in [-0.2, -0.15) is 0 Å². The Kier molecular flexibility index (Phi) is 3.95. The molecule has 1 heterocycles. The third-order valence-corrected chi connectivity index (χ3v) is 2.98. The minimum Gasteiger partial charge on any atom is -0.465 e. The number of carbonyl (C=O) groups excluding carboxylic acids is 1. The van der Waals surface area contributed by atoms with Crippen molar-refractivity contribution >= 4 is 5.97 Å². The van der Waals surface area contributed by atoms with Gasteiger partial charge in [0.1, 0.15) is 0 Å². The predicted molar refractivity (Wildman–Crippen MR) is 74.3 cm³/mol. The summed E-state index contributed by atoms with van der Waals surface area (Å²) in [7, 11) is 1.39. The summed E-state index contributed by atoms with van der Waals surface area (Å²) in [4.78, 5) is 15.8. The Morgan fingerprint density at radius 2 is 1.89 bits per heavy atom. The summed E-state index contributed by atoms with van der Waals surface area (Å²) in [5.41, 5.74) is 5.09. The maximum absolute atomic E-state index is 11.7. The van der Waals surface area contributed by atoms with Crippen LogP contribution < -0.4 is 0 Å². The summed E-state index contributed by atoms with van der Waals surface area (Å²) < 4.78 is 4.80. The number of rotatable bonds is 3. The fourth-order valence-electron chi connectivity index (χ4n) is 2.27. The van der Waals surface area contributed by atoms with Crippen molar-refractivity contribution in [2.75, 3.05) is 7.11 Å². The van der Waals surface area contributed by atoms with E-state index in [1.807, 2.05) is 0 Å². The van der Waals surface area contributed by atoms with Crippen LogP contribution >= 0.6 is 0 Å². The average Bonchev–Trinajstić information content (AvgIpc) is 2.37. The molecule has 3 heteroatoms. The van der Waals surface area contributed by atoms with Crippen molar-refractivity contribution in [2.24, 2.45) is 0 Å². The van der Waals surface area contributed by atoms with E-state index in [0.717, 1.165) is 5.56 Å². The van der Waals surface area contributed by atoms with Crippen molar-refractivity contribution in [3.63, 3.8) is 0 Å². The second-order valence-electron chi connectivity index (χ2n) is 4.70. The summed E-state index contributed by atoms with van der Waals surface area (Å²) in [5, 5.41) is 0.